The molecule has 16 heavy (non-hydrogen) atoms. The molecule has 0 amide bonds. The number of carboxylic acids is 2. The van der Waals surface area contributed by atoms with Crippen molar-refractivity contribution in [1.29, 1.82) is 0 Å². The van der Waals surface area contributed by atoms with Crippen LogP contribution in [0.15, 0.2) is 24.3 Å². The number of halogens is 1. The summed E-state index contributed by atoms with van der Waals surface area (Å²) in [6.45, 7) is 0. The smallest absolute Gasteiger partial charge is 0.328 e. The Kier molecular flexibility index (Phi) is 4.08. The minimum absolute atomic E-state index is 0.187. The molecule has 4 nitrogen and oxygen atoms in total. The van der Waals surface area contributed by atoms with Crippen molar-refractivity contribution in [1.82, 2.24) is 0 Å². The predicted octanol–water partition coefficient (Wildman–Crippen LogP) is 2.06. The fourth-order valence-electron chi connectivity index (χ4n) is 1.16. The molecule has 0 atom stereocenters. The molecule has 1 aromatic rings. The van der Waals surface area contributed by atoms with E-state index in [0.717, 1.165) is 6.08 Å². The van der Waals surface area contributed by atoms with E-state index in [1.54, 1.807) is 18.2 Å². The lowest BCUT2D eigenvalue weighted by Gasteiger charge is -2.02. The van der Waals surface area contributed by atoms with Crippen molar-refractivity contribution in [2.75, 3.05) is 0 Å². The SMILES string of the molecule is O=C(O)C=Cc1ccc(Cl)c(CC(=O)O)c1. The number of hydrogen-bond donors (Lipinski definition) is 2. The van der Waals surface area contributed by atoms with Gasteiger partial charge in [-0.05, 0) is 29.3 Å². The Morgan fingerprint density at radius 3 is 2.56 bits per heavy atom. The van der Waals surface area contributed by atoms with E-state index in [2.05, 4.69) is 0 Å². The topological polar surface area (TPSA) is 74.6 Å². The number of hydrogen-bond acceptors (Lipinski definition) is 2. The van der Waals surface area contributed by atoms with Gasteiger partial charge >= 0.3 is 11.9 Å². The third kappa shape index (κ3) is 3.74. The van der Waals surface area contributed by atoms with Crippen LogP contribution in [-0.4, -0.2) is 22.2 Å². The van der Waals surface area contributed by atoms with E-state index >= 15 is 0 Å². The quantitative estimate of drug-likeness (QED) is 0.790. The fourth-order valence-corrected chi connectivity index (χ4v) is 1.35. The van der Waals surface area contributed by atoms with Gasteiger partial charge in [-0.1, -0.05) is 17.7 Å². The molecular formula is C11H9ClO4. The molecule has 1 rings (SSSR count). The van der Waals surface area contributed by atoms with Gasteiger partial charge in [-0.3, -0.25) is 4.79 Å². The highest BCUT2D eigenvalue weighted by Gasteiger charge is 2.05. The summed E-state index contributed by atoms with van der Waals surface area (Å²) in [5, 5.41) is 17.4. The summed E-state index contributed by atoms with van der Waals surface area (Å²) >= 11 is 5.80. The molecular weight excluding hydrogens is 232 g/mol. The Bertz CT molecular complexity index is 451. The first-order valence-corrected chi connectivity index (χ1v) is 4.78. The molecule has 0 heterocycles. The number of aliphatic carboxylic acids is 2. The first-order chi connectivity index (χ1) is 7.49. The molecule has 1 aromatic carbocycles. The molecule has 5 heteroatoms. The molecule has 84 valence electrons. The highest BCUT2D eigenvalue weighted by atomic mass is 35.5. The second kappa shape index (κ2) is 5.32. The van der Waals surface area contributed by atoms with Crippen LogP contribution < -0.4 is 0 Å². The molecule has 0 spiro atoms. The maximum atomic E-state index is 10.5. The zero-order valence-corrected chi connectivity index (χ0v) is 8.94. The van der Waals surface area contributed by atoms with Crippen molar-refractivity contribution in [3.05, 3.63) is 40.4 Å². The normalized spacial score (nSPS) is 10.6. The van der Waals surface area contributed by atoms with E-state index in [-0.39, 0.29) is 6.42 Å². The van der Waals surface area contributed by atoms with Gasteiger partial charge in [0.05, 0.1) is 6.42 Å². The van der Waals surface area contributed by atoms with Crippen LogP contribution in [-0.2, 0) is 16.0 Å². The van der Waals surface area contributed by atoms with Crippen LogP contribution in [0.25, 0.3) is 6.08 Å². The average Bonchev–Trinajstić information content (AvgIpc) is 2.18. The predicted molar refractivity (Wildman–Crippen MR) is 59.5 cm³/mol. The van der Waals surface area contributed by atoms with Crippen LogP contribution in [0, 0.1) is 0 Å². The third-order valence-corrected chi connectivity index (χ3v) is 2.20. The summed E-state index contributed by atoms with van der Waals surface area (Å²) in [5.41, 5.74) is 1.06. The summed E-state index contributed by atoms with van der Waals surface area (Å²) in [6, 6.07) is 4.71. The minimum atomic E-state index is -1.06. The van der Waals surface area contributed by atoms with Crippen LogP contribution in [0.1, 0.15) is 11.1 Å². The number of benzene rings is 1. The number of carboxylic acid groups (broad SMARTS) is 2. The zero-order chi connectivity index (χ0) is 12.1. The molecule has 2 N–H and O–H groups in total. The third-order valence-electron chi connectivity index (χ3n) is 1.83. The molecule has 0 aromatic heterocycles. The zero-order valence-electron chi connectivity index (χ0n) is 8.18. The van der Waals surface area contributed by atoms with Gasteiger partial charge < -0.3 is 10.2 Å². The molecule has 0 unspecified atom stereocenters. The highest BCUT2D eigenvalue weighted by Crippen LogP contribution is 2.19. The molecule has 0 saturated carbocycles. The van der Waals surface area contributed by atoms with Gasteiger partial charge in [0.15, 0.2) is 0 Å². The van der Waals surface area contributed by atoms with Crippen molar-refractivity contribution in [2.24, 2.45) is 0 Å². The van der Waals surface area contributed by atoms with Gasteiger partial charge in [0.1, 0.15) is 0 Å². The van der Waals surface area contributed by atoms with E-state index in [9.17, 15) is 9.59 Å². The van der Waals surface area contributed by atoms with Gasteiger partial charge in [-0.15, -0.1) is 0 Å². The van der Waals surface area contributed by atoms with Crippen LogP contribution in [0.5, 0.6) is 0 Å². The maximum Gasteiger partial charge on any atom is 0.328 e. The van der Waals surface area contributed by atoms with Crippen molar-refractivity contribution >= 4 is 29.6 Å². The minimum Gasteiger partial charge on any atom is -0.481 e. The standard InChI is InChI=1S/C11H9ClO4/c12-9-3-1-7(2-4-10(13)14)5-8(9)6-11(15)16/h1-5H,6H2,(H,13,14)(H,15,16). The Morgan fingerprint density at radius 2 is 2.00 bits per heavy atom. The Hall–Kier alpha value is -1.81. The molecule has 0 aliphatic carbocycles. The molecule has 0 fully saturated rings. The van der Waals surface area contributed by atoms with E-state index in [1.165, 1.54) is 6.08 Å². The van der Waals surface area contributed by atoms with Crippen molar-refractivity contribution in [3.63, 3.8) is 0 Å². The first kappa shape index (κ1) is 12.3. The summed E-state index contributed by atoms with van der Waals surface area (Å²) in [7, 11) is 0. The van der Waals surface area contributed by atoms with Crippen molar-refractivity contribution in [2.45, 2.75) is 6.42 Å². The Morgan fingerprint density at radius 1 is 1.31 bits per heavy atom. The van der Waals surface area contributed by atoms with Crippen molar-refractivity contribution < 1.29 is 19.8 Å². The van der Waals surface area contributed by atoms with E-state index in [1.807, 2.05) is 0 Å². The second-order valence-corrected chi connectivity index (χ2v) is 3.50. The van der Waals surface area contributed by atoms with E-state index < -0.39 is 11.9 Å². The summed E-state index contributed by atoms with van der Waals surface area (Å²) in [4.78, 5) is 20.8. The monoisotopic (exact) mass is 240 g/mol. The highest BCUT2D eigenvalue weighted by molar-refractivity contribution is 6.31. The van der Waals surface area contributed by atoms with Crippen LogP contribution >= 0.6 is 11.6 Å². The lowest BCUT2D eigenvalue weighted by molar-refractivity contribution is -0.136. The second-order valence-electron chi connectivity index (χ2n) is 3.09. The van der Waals surface area contributed by atoms with Gasteiger partial charge in [0.2, 0.25) is 0 Å². The average molecular weight is 241 g/mol. The molecule has 0 aliphatic heterocycles. The lowest BCUT2D eigenvalue weighted by atomic mass is 10.1. The van der Waals surface area contributed by atoms with Gasteiger partial charge in [0.25, 0.3) is 0 Å². The molecule has 0 aliphatic rings. The largest absolute Gasteiger partial charge is 0.481 e. The summed E-state index contributed by atoms with van der Waals surface area (Å²) in [6.07, 6.45) is 2.17. The van der Waals surface area contributed by atoms with Gasteiger partial charge in [-0.25, -0.2) is 4.79 Å². The van der Waals surface area contributed by atoms with Gasteiger partial charge in [0, 0.05) is 11.1 Å². The fraction of sp³-hybridized carbons (Fsp3) is 0.0909. The van der Waals surface area contributed by atoms with E-state index in [0.29, 0.717) is 16.1 Å². The Balaban J connectivity index is 2.97. The number of carbonyl (C=O) groups is 2. The molecule has 0 bridgehead atoms. The maximum absolute atomic E-state index is 10.5. The first-order valence-electron chi connectivity index (χ1n) is 4.40. The van der Waals surface area contributed by atoms with Crippen LogP contribution in [0.3, 0.4) is 0 Å². The Labute approximate surface area is 96.8 Å². The van der Waals surface area contributed by atoms with Gasteiger partial charge in [-0.2, -0.15) is 0 Å². The summed E-state index contributed by atoms with van der Waals surface area (Å²) < 4.78 is 0. The van der Waals surface area contributed by atoms with Crippen LogP contribution in [0.4, 0.5) is 0 Å². The van der Waals surface area contributed by atoms with E-state index in [4.69, 9.17) is 21.8 Å². The molecule has 0 saturated heterocycles. The molecule has 0 radical (unpaired) electrons. The summed E-state index contributed by atoms with van der Waals surface area (Å²) in [5.74, 6) is -2.05. The lowest BCUT2D eigenvalue weighted by Crippen LogP contribution is -2.00. The van der Waals surface area contributed by atoms with Crippen LogP contribution in [0.2, 0.25) is 5.02 Å². The number of rotatable bonds is 4. The van der Waals surface area contributed by atoms with Crippen molar-refractivity contribution in [3.8, 4) is 0 Å².